The Morgan fingerprint density at radius 3 is 0.899 bits per heavy atom. The summed E-state index contributed by atoms with van der Waals surface area (Å²) in [6.45, 7) is 4.99. The maximum Gasteiger partial charge on any atom is 0.305 e. The van der Waals surface area contributed by atoms with Crippen LogP contribution in [0.25, 0.3) is 0 Å². The van der Waals surface area contributed by atoms with Gasteiger partial charge in [-0.1, -0.05) is 366 Å². The third-order valence-electron chi connectivity index (χ3n) is 17.3. The van der Waals surface area contributed by atoms with E-state index in [1.807, 2.05) is 0 Å². The molecule has 2 unspecified atom stereocenters. The fraction of sp³-hybridized carbons (Fsp3) is 0.945. The topological polar surface area (TPSA) is 95.9 Å². The van der Waals surface area contributed by atoms with Gasteiger partial charge in [0, 0.05) is 12.8 Å². The number of unbranched alkanes of at least 4 members (excludes halogenated alkanes) is 56. The number of rotatable bonds is 69. The first-order chi connectivity index (χ1) is 39.0. The number of carbonyl (C=O) groups is 2. The fourth-order valence-electron chi connectivity index (χ4n) is 11.8. The molecule has 0 aliphatic rings. The average molecular weight is 1110 g/mol. The summed E-state index contributed by atoms with van der Waals surface area (Å²) in [5.74, 6) is -0.0188. The minimum Gasteiger partial charge on any atom is -0.466 e. The van der Waals surface area contributed by atoms with Gasteiger partial charge in [0.25, 0.3) is 0 Å². The van der Waals surface area contributed by atoms with E-state index in [1.54, 1.807) is 0 Å². The number of aliphatic hydroxyl groups is 2. The predicted octanol–water partition coefficient (Wildman–Crippen LogP) is 23.5. The van der Waals surface area contributed by atoms with E-state index in [-0.39, 0.29) is 18.5 Å². The van der Waals surface area contributed by atoms with Crippen molar-refractivity contribution in [2.45, 2.75) is 431 Å². The highest BCUT2D eigenvalue weighted by Gasteiger charge is 2.20. The van der Waals surface area contributed by atoms with Crippen LogP contribution in [0.2, 0.25) is 0 Å². The minimum atomic E-state index is -0.664. The molecule has 0 aromatic heterocycles. The quantitative estimate of drug-likeness (QED) is 0.0320. The van der Waals surface area contributed by atoms with Crippen LogP contribution in [0.4, 0.5) is 0 Å². The van der Waals surface area contributed by atoms with E-state index >= 15 is 0 Å². The van der Waals surface area contributed by atoms with Gasteiger partial charge in [-0.25, -0.2) is 0 Å². The molecule has 0 rings (SSSR count). The van der Waals surface area contributed by atoms with E-state index in [0.29, 0.717) is 25.9 Å². The van der Waals surface area contributed by atoms with E-state index in [1.165, 1.54) is 340 Å². The number of amides is 1. The molecule has 0 saturated heterocycles. The molecular formula is C73H143NO5. The summed E-state index contributed by atoms with van der Waals surface area (Å²) in [7, 11) is 0. The minimum absolute atomic E-state index is 0.00909. The molecule has 1 amide bonds. The Bertz CT molecular complexity index is 1190. The Morgan fingerprint density at radius 1 is 0.342 bits per heavy atom. The summed E-state index contributed by atoms with van der Waals surface area (Å²) >= 11 is 0. The number of hydrogen-bond donors (Lipinski definition) is 3. The second kappa shape index (κ2) is 69.1. The van der Waals surface area contributed by atoms with E-state index in [0.717, 1.165) is 44.9 Å². The summed E-state index contributed by atoms with van der Waals surface area (Å²) in [6, 6.07) is -0.541. The molecule has 79 heavy (non-hydrogen) atoms. The van der Waals surface area contributed by atoms with Gasteiger partial charge in [0.05, 0.1) is 25.4 Å². The van der Waals surface area contributed by atoms with Gasteiger partial charge in [-0.2, -0.15) is 0 Å². The normalized spacial score (nSPS) is 12.5. The summed E-state index contributed by atoms with van der Waals surface area (Å²) in [5.41, 5.74) is 0. The molecule has 6 heteroatoms. The second-order valence-electron chi connectivity index (χ2n) is 25.3. The number of ether oxygens (including phenoxy) is 1. The molecule has 0 aliphatic heterocycles. The van der Waals surface area contributed by atoms with Crippen molar-refractivity contribution < 1.29 is 24.5 Å². The second-order valence-corrected chi connectivity index (χ2v) is 25.3. The lowest BCUT2D eigenvalue weighted by Crippen LogP contribution is -2.45. The summed E-state index contributed by atoms with van der Waals surface area (Å²) in [6.07, 6.45) is 85.5. The van der Waals surface area contributed by atoms with Crippen molar-refractivity contribution in [2.24, 2.45) is 0 Å². The van der Waals surface area contributed by atoms with E-state index in [9.17, 15) is 19.8 Å². The maximum absolute atomic E-state index is 12.6. The third kappa shape index (κ3) is 65.6. The highest BCUT2D eigenvalue weighted by atomic mass is 16.5. The number of allylic oxidation sites excluding steroid dienone is 2. The Hall–Kier alpha value is -1.40. The van der Waals surface area contributed by atoms with Gasteiger partial charge in [-0.15, -0.1) is 0 Å². The van der Waals surface area contributed by atoms with Crippen molar-refractivity contribution in [1.29, 1.82) is 0 Å². The van der Waals surface area contributed by atoms with Crippen molar-refractivity contribution in [3.05, 3.63) is 12.2 Å². The SMILES string of the molecule is CCCCCCC/C=C\CCCCCCCC(=O)OCCCCCCCCCCCCCCCCCCCCCCCCCCCC(=O)NC(CO)C(O)CCCCCCCCCCCCCCCCCCCCCCCCC. The predicted molar refractivity (Wildman–Crippen MR) is 347 cm³/mol. The lowest BCUT2D eigenvalue weighted by molar-refractivity contribution is -0.143. The first-order valence-electron chi connectivity index (χ1n) is 36.4. The zero-order valence-corrected chi connectivity index (χ0v) is 53.9. The van der Waals surface area contributed by atoms with Crippen LogP contribution in [0, 0.1) is 0 Å². The van der Waals surface area contributed by atoms with Gasteiger partial charge < -0.3 is 20.3 Å². The molecule has 0 saturated carbocycles. The van der Waals surface area contributed by atoms with Crippen molar-refractivity contribution >= 4 is 11.9 Å². The first kappa shape index (κ1) is 77.6. The monoisotopic (exact) mass is 1110 g/mol. The summed E-state index contributed by atoms with van der Waals surface area (Å²) in [5, 5.41) is 23.5. The van der Waals surface area contributed by atoms with Crippen LogP contribution in [0.1, 0.15) is 418 Å². The lowest BCUT2D eigenvalue weighted by atomic mass is 10.0. The van der Waals surface area contributed by atoms with Gasteiger partial charge in [0.2, 0.25) is 5.91 Å². The highest BCUT2D eigenvalue weighted by Crippen LogP contribution is 2.20. The largest absolute Gasteiger partial charge is 0.466 e. The Labute approximate surface area is 495 Å². The number of hydrogen-bond acceptors (Lipinski definition) is 5. The molecule has 0 aliphatic carbocycles. The Balaban J connectivity index is 3.36. The molecule has 0 aromatic carbocycles. The van der Waals surface area contributed by atoms with Crippen LogP contribution in [0.15, 0.2) is 12.2 Å². The standard InChI is InChI=1S/C73H143NO5/c1-3-5-7-9-11-13-15-17-19-20-21-22-26-29-32-35-38-41-45-49-53-57-61-65-71(76)70(69-75)74-72(77)66-62-58-54-50-46-42-39-36-33-30-27-24-23-25-28-31-34-37-40-44-48-52-56-60-64-68-79-73(78)67-63-59-55-51-47-43-18-16-14-12-10-8-6-4-2/h16,18,70-71,75-76H,3-15,17,19-69H2,1-2H3,(H,74,77)/b18-16-. The number of carbonyl (C=O) groups excluding carboxylic acids is 2. The first-order valence-corrected chi connectivity index (χ1v) is 36.4. The zero-order valence-electron chi connectivity index (χ0n) is 53.9. The average Bonchev–Trinajstić information content (AvgIpc) is 3.45. The van der Waals surface area contributed by atoms with Gasteiger partial charge in [-0.3, -0.25) is 9.59 Å². The molecule has 470 valence electrons. The van der Waals surface area contributed by atoms with Gasteiger partial charge >= 0.3 is 5.97 Å². The van der Waals surface area contributed by atoms with Crippen LogP contribution in [0.3, 0.4) is 0 Å². The number of esters is 1. The highest BCUT2D eigenvalue weighted by molar-refractivity contribution is 5.76. The molecule has 0 spiro atoms. The van der Waals surface area contributed by atoms with Gasteiger partial charge in [0.15, 0.2) is 0 Å². The zero-order chi connectivity index (χ0) is 57.1. The summed E-state index contributed by atoms with van der Waals surface area (Å²) in [4.78, 5) is 24.6. The van der Waals surface area contributed by atoms with Crippen molar-refractivity contribution in [3.63, 3.8) is 0 Å². The smallest absolute Gasteiger partial charge is 0.305 e. The Kier molecular flexibility index (Phi) is 67.9. The number of nitrogens with one attached hydrogen (secondary N) is 1. The van der Waals surface area contributed by atoms with Crippen molar-refractivity contribution in [1.82, 2.24) is 5.32 Å². The van der Waals surface area contributed by atoms with Crippen LogP contribution in [-0.4, -0.2) is 47.4 Å². The third-order valence-corrected chi connectivity index (χ3v) is 17.3. The molecular weight excluding hydrogens is 971 g/mol. The van der Waals surface area contributed by atoms with E-state index in [4.69, 9.17) is 4.74 Å². The van der Waals surface area contributed by atoms with Crippen molar-refractivity contribution in [2.75, 3.05) is 13.2 Å². The van der Waals surface area contributed by atoms with E-state index in [2.05, 4.69) is 31.3 Å². The van der Waals surface area contributed by atoms with Gasteiger partial charge in [0.1, 0.15) is 0 Å². The molecule has 0 aromatic rings. The Morgan fingerprint density at radius 2 is 0.595 bits per heavy atom. The maximum atomic E-state index is 12.6. The van der Waals surface area contributed by atoms with Crippen LogP contribution >= 0.6 is 0 Å². The van der Waals surface area contributed by atoms with Gasteiger partial charge in [-0.05, 0) is 51.4 Å². The molecule has 0 bridgehead atoms. The van der Waals surface area contributed by atoms with Crippen LogP contribution in [0.5, 0.6) is 0 Å². The molecule has 0 heterocycles. The fourth-order valence-corrected chi connectivity index (χ4v) is 11.8. The number of aliphatic hydroxyl groups excluding tert-OH is 2. The molecule has 6 nitrogen and oxygen atoms in total. The van der Waals surface area contributed by atoms with Crippen LogP contribution < -0.4 is 5.32 Å². The molecule has 3 N–H and O–H groups in total. The molecule has 2 atom stereocenters. The molecule has 0 radical (unpaired) electrons. The van der Waals surface area contributed by atoms with Crippen molar-refractivity contribution in [3.8, 4) is 0 Å². The van der Waals surface area contributed by atoms with Crippen LogP contribution in [-0.2, 0) is 14.3 Å². The lowest BCUT2D eigenvalue weighted by Gasteiger charge is -2.22. The van der Waals surface area contributed by atoms with E-state index < -0.39 is 12.1 Å². The molecule has 0 fully saturated rings. The summed E-state index contributed by atoms with van der Waals surface area (Å²) < 4.78 is 5.49.